The minimum Gasteiger partial charge on any atom is -0.322 e. The van der Waals surface area contributed by atoms with Crippen LogP contribution in [0.5, 0.6) is 0 Å². The molecule has 1 aliphatic heterocycles. The monoisotopic (exact) mass is 419 g/mol. The van der Waals surface area contributed by atoms with Crippen molar-refractivity contribution < 1.29 is 18.0 Å². The van der Waals surface area contributed by atoms with Crippen LogP contribution in [0.4, 0.5) is 5.69 Å². The molecule has 0 bridgehead atoms. The van der Waals surface area contributed by atoms with E-state index in [9.17, 15) is 18.0 Å². The summed E-state index contributed by atoms with van der Waals surface area (Å²) < 4.78 is 26.1. The molecule has 1 N–H and O–H groups in total. The van der Waals surface area contributed by atoms with Gasteiger partial charge in [-0.1, -0.05) is 44.2 Å². The molecule has 0 saturated heterocycles. The number of carbonyl (C=O) groups is 2. The van der Waals surface area contributed by atoms with Crippen LogP contribution in [0.25, 0.3) is 0 Å². The number of para-hydroxylation sites is 1. The number of amides is 1. The summed E-state index contributed by atoms with van der Waals surface area (Å²) in [6.07, 6.45) is 0.922. The fraction of sp³-hybridized carbons (Fsp3) is 0.167. The predicted molar refractivity (Wildman–Crippen MR) is 115 cm³/mol. The number of nitrogens with one attached hydrogen (secondary N) is 1. The summed E-state index contributed by atoms with van der Waals surface area (Å²) >= 11 is 0. The molecule has 1 atom stereocenters. The van der Waals surface area contributed by atoms with Gasteiger partial charge in [0.05, 0.1) is 9.79 Å². The Hall–Kier alpha value is -3.25. The van der Waals surface area contributed by atoms with Gasteiger partial charge in [-0.25, -0.2) is 8.42 Å². The minimum absolute atomic E-state index is 0.0258. The molecule has 30 heavy (non-hydrogen) atoms. The van der Waals surface area contributed by atoms with Crippen molar-refractivity contribution in [3.8, 4) is 0 Å². The van der Waals surface area contributed by atoms with E-state index >= 15 is 0 Å². The molecular weight excluding hydrogens is 398 g/mol. The van der Waals surface area contributed by atoms with Crippen molar-refractivity contribution in [2.45, 2.75) is 36.0 Å². The summed E-state index contributed by atoms with van der Waals surface area (Å²) in [6, 6.07) is 17.9. The molecule has 0 fully saturated rings. The van der Waals surface area contributed by atoms with Crippen LogP contribution in [-0.4, -0.2) is 20.1 Å². The first-order chi connectivity index (χ1) is 14.3. The molecule has 152 valence electrons. The lowest BCUT2D eigenvalue weighted by Crippen LogP contribution is -2.21. The topological polar surface area (TPSA) is 80.3 Å². The van der Waals surface area contributed by atoms with Crippen LogP contribution in [0, 0.1) is 0 Å². The van der Waals surface area contributed by atoms with Gasteiger partial charge in [0.1, 0.15) is 0 Å². The summed E-state index contributed by atoms with van der Waals surface area (Å²) in [5.74, 6) is -0.515. The molecule has 3 aromatic carbocycles. The molecule has 1 heterocycles. The van der Waals surface area contributed by atoms with Crippen LogP contribution in [0.2, 0.25) is 0 Å². The maximum absolute atomic E-state index is 13.1. The number of rotatable bonds is 4. The van der Waals surface area contributed by atoms with E-state index in [1.54, 1.807) is 12.1 Å². The molecule has 5 nitrogen and oxygen atoms in total. The molecular formula is C24H21NO4S. The second-order valence-electron chi connectivity index (χ2n) is 7.39. The van der Waals surface area contributed by atoms with E-state index in [-0.39, 0.29) is 38.2 Å². The van der Waals surface area contributed by atoms with Gasteiger partial charge in [0.15, 0.2) is 5.78 Å². The van der Waals surface area contributed by atoms with E-state index in [0.29, 0.717) is 5.69 Å². The zero-order valence-corrected chi connectivity index (χ0v) is 17.5. The highest BCUT2D eigenvalue weighted by molar-refractivity contribution is 7.91. The number of hydrogen-bond acceptors (Lipinski definition) is 4. The highest BCUT2D eigenvalue weighted by Gasteiger charge is 2.35. The summed E-state index contributed by atoms with van der Waals surface area (Å²) in [6.45, 7) is 4.16. The van der Waals surface area contributed by atoms with Crippen molar-refractivity contribution in [2.75, 3.05) is 5.32 Å². The Kier molecular flexibility index (Phi) is 5.03. The number of anilines is 1. The van der Waals surface area contributed by atoms with Crippen LogP contribution in [0.15, 0.2) is 76.5 Å². The zero-order chi connectivity index (χ0) is 21.5. The smallest absolute Gasteiger partial charge is 0.255 e. The Bertz CT molecular complexity index is 1280. The molecule has 6 heteroatoms. The van der Waals surface area contributed by atoms with Gasteiger partial charge in [-0.15, -0.1) is 0 Å². The second kappa shape index (κ2) is 7.54. The van der Waals surface area contributed by atoms with E-state index < -0.39 is 15.7 Å². The van der Waals surface area contributed by atoms with Crippen molar-refractivity contribution in [1.82, 2.24) is 0 Å². The second-order valence-corrected chi connectivity index (χ2v) is 9.28. The van der Waals surface area contributed by atoms with Gasteiger partial charge in [-0.3, -0.25) is 9.59 Å². The van der Waals surface area contributed by atoms with E-state index in [1.807, 2.05) is 24.3 Å². The Balaban J connectivity index is 1.73. The summed E-state index contributed by atoms with van der Waals surface area (Å²) in [4.78, 5) is 25.5. The highest BCUT2D eigenvalue weighted by Crippen LogP contribution is 2.35. The first-order valence-electron chi connectivity index (χ1n) is 9.77. The molecule has 1 amide bonds. The first-order valence-corrected chi connectivity index (χ1v) is 11.3. The SMILES string of the molecule is CC[C@H](C)c1ccccc1NC(=O)c1ccc2c(c1)S(=O)(=O)c1ccccc1C2=O. The first kappa shape index (κ1) is 20.0. The molecule has 0 aliphatic carbocycles. The fourth-order valence-corrected chi connectivity index (χ4v) is 5.36. The lowest BCUT2D eigenvalue weighted by atomic mass is 9.96. The number of carbonyl (C=O) groups excluding carboxylic acids is 2. The third kappa shape index (κ3) is 3.23. The Morgan fingerprint density at radius 3 is 2.37 bits per heavy atom. The molecule has 0 saturated carbocycles. The van der Waals surface area contributed by atoms with Gasteiger partial charge in [-0.05, 0) is 54.3 Å². The quantitative estimate of drug-likeness (QED) is 0.514. The average molecular weight is 420 g/mol. The predicted octanol–water partition coefficient (Wildman–Crippen LogP) is 4.83. The molecule has 1 aliphatic rings. The standard InChI is InChI=1S/C24H21NO4S/c1-3-15(2)17-8-4-6-10-20(17)25-24(27)16-12-13-19-22(14-16)30(28,29)21-11-7-5-9-18(21)23(19)26/h4-15H,3H2,1-2H3,(H,25,27)/t15-/m0/s1. The third-order valence-corrected chi connectivity index (χ3v) is 7.40. The third-order valence-electron chi connectivity index (χ3n) is 5.55. The summed E-state index contributed by atoms with van der Waals surface area (Å²) in [5.41, 5.74) is 2.14. The number of fused-ring (bicyclic) bond motifs is 2. The zero-order valence-electron chi connectivity index (χ0n) is 16.7. The number of ketones is 1. The normalized spacial score (nSPS) is 15.1. The number of hydrogen-bond donors (Lipinski definition) is 1. The van der Waals surface area contributed by atoms with Crippen molar-refractivity contribution >= 4 is 27.2 Å². The van der Waals surface area contributed by atoms with E-state index in [0.717, 1.165) is 12.0 Å². The van der Waals surface area contributed by atoms with Crippen molar-refractivity contribution in [3.05, 3.63) is 89.0 Å². The van der Waals surface area contributed by atoms with Gasteiger partial charge in [0.2, 0.25) is 9.84 Å². The van der Waals surface area contributed by atoms with Gasteiger partial charge >= 0.3 is 0 Å². The molecule has 3 aromatic rings. The fourth-order valence-electron chi connectivity index (χ4n) is 3.68. The van der Waals surface area contributed by atoms with Crippen molar-refractivity contribution in [3.63, 3.8) is 0 Å². The number of sulfone groups is 1. The van der Waals surface area contributed by atoms with E-state index in [1.165, 1.54) is 30.3 Å². The van der Waals surface area contributed by atoms with Gasteiger partial charge in [0.25, 0.3) is 5.91 Å². The van der Waals surface area contributed by atoms with E-state index in [2.05, 4.69) is 19.2 Å². The maximum atomic E-state index is 13.1. The van der Waals surface area contributed by atoms with Crippen LogP contribution in [-0.2, 0) is 9.84 Å². The van der Waals surface area contributed by atoms with Crippen LogP contribution in [0.1, 0.15) is 58.0 Å². The van der Waals surface area contributed by atoms with Crippen LogP contribution >= 0.6 is 0 Å². The Morgan fingerprint density at radius 1 is 0.933 bits per heavy atom. The molecule has 4 rings (SSSR count). The largest absolute Gasteiger partial charge is 0.322 e. The molecule has 0 spiro atoms. The average Bonchev–Trinajstić information content (AvgIpc) is 2.77. The summed E-state index contributed by atoms with van der Waals surface area (Å²) in [5, 5.41) is 2.89. The van der Waals surface area contributed by atoms with Crippen LogP contribution < -0.4 is 5.32 Å². The van der Waals surface area contributed by atoms with E-state index in [4.69, 9.17) is 0 Å². The Labute approximate surface area is 175 Å². The molecule has 0 unspecified atom stereocenters. The maximum Gasteiger partial charge on any atom is 0.255 e. The van der Waals surface area contributed by atoms with Gasteiger partial charge < -0.3 is 5.32 Å². The lowest BCUT2D eigenvalue weighted by Gasteiger charge is -2.19. The van der Waals surface area contributed by atoms with Gasteiger partial charge in [0, 0.05) is 22.4 Å². The van der Waals surface area contributed by atoms with Crippen molar-refractivity contribution in [1.29, 1.82) is 0 Å². The van der Waals surface area contributed by atoms with Crippen LogP contribution in [0.3, 0.4) is 0 Å². The molecule has 0 radical (unpaired) electrons. The lowest BCUT2D eigenvalue weighted by molar-refractivity contribution is 0.101. The minimum atomic E-state index is -3.89. The highest BCUT2D eigenvalue weighted by atomic mass is 32.2. The Morgan fingerprint density at radius 2 is 1.60 bits per heavy atom. The molecule has 0 aromatic heterocycles. The van der Waals surface area contributed by atoms with Gasteiger partial charge in [-0.2, -0.15) is 0 Å². The number of benzene rings is 3. The van der Waals surface area contributed by atoms with Crippen molar-refractivity contribution in [2.24, 2.45) is 0 Å². The summed E-state index contributed by atoms with van der Waals surface area (Å²) in [7, 11) is -3.89.